The molecule has 0 saturated carbocycles. The molecule has 2 N–H and O–H groups in total. The van der Waals surface area contributed by atoms with Crippen LogP contribution in [0.4, 0.5) is 0 Å². The number of carbonyl (C=O) groups excluding carboxylic acids is 2. The summed E-state index contributed by atoms with van der Waals surface area (Å²) in [6, 6.07) is 0. The Kier molecular flexibility index (Phi) is 34.5. The summed E-state index contributed by atoms with van der Waals surface area (Å²) in [5.74, 6) is -0.899. The van der Waals surface area contributed by atoms with Gasteiger partial charge in [-0.05, 0) is 83.5 Å². The van der Waals surface area contributed by atoms with E-state index in [0.29, 0.717) is 30.3 Å². The van der Waals surface area contributed by atoms with Crippen LogP contribution < -0.4 is 0 Å². The Labute approximate surface area is 335 Å². The topological polar surface area (TPSA) is 129 Å². The first-order valence-corrected chi connectivity index (χ1v) is 22.6. The van der Waals surface area contributed by atoms with Crippen LogP contribution in [0.3, 0.4) is 0 Å². The molecule has 0 heterocycles. The first-order valence-electron chi connectivity index (χ1n) is 21.1. The van der Waals surface area contributed by atoms with Crippen molar-refractivity contribution in [2.24, 2.45) is 0 Å². The molecule has 1 unspecified atom stereocenters. The van der Waals surface area contributed by atoms with E-state index in [1.165, 1.54) is 32.1 Å². The van der Waals surface area contributed by atoms with Gasteiger partial charge >= 0.3 is 19.8 Å². The standard InChI is InChI=1S/C44H78NO9P/c1-6-8-9-10-11-12-13-16-20-23-26-29-32-35-43(47)51-39-42(40-53-55(49,50)52-38-37-45(3,4)5)54-44(48)36-33-30-27-24-21-18-15-14-17-19-22-25-28-31-34-41(46)7-2/h12-13,15,17-19,24-25,27-28,41-42,46H,6-11,14,16,20-23,26,29-40H2,1-5H3/p+1/b13-12-,18-15-,19-17-,27-24-,28-25-/t41-,42-/m1/s1. The van der Waals surface area contributed by atoms with Crippen molar-refractivity contribution >= 4 is 19.8 Å². The number of hydrogen-bond donors (Lipinski definition) is 2. The van der Waals surface area contributed by atoms with Gasteiger partial charge in [-0.2, -0.15) is 0 Å². The molecule has 0 aromatic heterocycles. The molecule has 0 radical (unpaired) electrons. The van der Waals surface area contributed by atoms with Gasteiger partial charge in [-0.15, -0.1) is 0 Å². The van der Waals surface area contributed by atoms with Crippen LogP contribution in [0.2, 0.25) is 0 Å². The number of phosphoric acid groups is 1. The van der Waals surface area contributed by atoms with Crippen molar-refractivity contribution in [3.8, 4) is 0 Å². The highest BCUT2D eigenvalue weighted by molar-refractivity contribution is 7.47. The molecule has 0 rings (SSSR count). The third-order valence-electron chi connectivity index (χ3n) is 8.68. The number of ether oxygens (including phenoxy) is 2. The van der Waals surface area contributed by atoms with E-state index in [-0.39, 0.29) is 32.2 Å². The zero-order valence-electron chi connectivity index (χ0n) is 35.3. The Morgan fingerprint density at radius 3 is 1.75 bits per heavy atom. The summed E-state index contributed by atoms with van der Waals surface area (Å²) in [6.07, 6.45) is 39.3. The molecule has 0 spiro atoms. The number of quaternary nitrogens is 1. The number of carbonyl (C=O) groups is 2. The number of phosphoric ester groups is 1. The van der Waals surface area contributed by atoms with Crippen LogP contribution in [0.5, 0.6) is 0 Å². The third kappa shape index (κ3) is 39.7. The van der Waals surface area contributed by atoms with Gasteiger partial charge in [0.15, 0.2) is 6.10 Å². The van der Waals surface area contributed by atoms with Crippen LogP contribution in [-0.4, -0.2) is 86.1 Å². The van der Waals surface area contributed by atoms with Gasteiger partial charge < -0.3 is 24.0 Å². The van der Waals surface area contributed by atoms with Gasteiger partial charge in [0.2, 0.25) is 0 Å². The minimum absolute atomic E-state index is 0.0115. The molecular weight excluding hydrogens is 717 g/mol. The van der Waals surface area contributed by atoms with Crippen LogP contribution in [0.25, 0.3) is 0 Å². The Morgan fingerprint density at radius 2 is 1.15 bits per heavy atom. The number of hydrogen-bond acceptors (Lipinski definition) is 8. The zero-order valence-corrected chi connectivity index (χ0v) is 36.1. The van der Waals surface area contributed by atoms with E-state index in [2.05, 4.69) is 61.6 Å². The largest absolute Gasteiger partial charge is 0.472 e. The number of allylic oxidation sites excluding steroid dienone is 10. The third-order valence-corrected chi connectivity index (χ3v) is 9.67. The Balaban J connectivity index is 4.52. The quantitative estimate of drug-likeness (QED) is 0.0207. The summed E-state index contributed by atoms with van der Waals surface area (Å²) in [7, 11) is 1.41. The van der Waals surface area contributed by atoms with E-state index in [1.54, 1.807) is 0 Å². The van der Waals surface area contributed by atoms with Crippen molar-refractivity contribution in [2.75, 3.05) is 47.5 Å². The minimum Gasteiger partial charge on any atom is -0.462 e. The molecule has 3 atom stereocenters. The molecular formula is C44H79NO9P+. The molecule has 0 aromatic carbocycles. The lowest BCUT2D eigenvalue weighted by Crippen LogP contribution is -2.37. The predicted octanol–water partition coefficient (Wildman–Crippen LogP) is 10.7. The van der Waals surface area contributed by atoms with Gasteiger partial charge in [-0.25, -0.2) is 4.57 Å². The van der Waals surface area contributed by atoms with Crippen molar-refractivity contribution in [2.45, 2.75) is 161 Å². The fourth-order valence-corrected chi connectivity index (χ4v) is 5.90. The Bertz CT molecular complexity index is 1140. The maximum atomic E-state index is 12.6. The lowest BCUT2D eigenvalue weighted by Gasteiger charge is -2.24. The number of aliphatic hydroxyl groups excluding tert-OH is 1. The van der Waals surface area contributed by atoms with Crippen molar-refractivity contribution < 1.29 is 47.2 Å². The number of unbranched alkanes of at least 4 members (excludes halogenated alkanes) is 10. The molecule has 318 valence electrons. The molecule has 0 bridgehead atoms. The number of likely N-dealkylation sites (N-methyl/N-ethyl adjacent to an activating group) is 1. The summed E-state index contributed by atoms with van der Waals surface area (Å²) >= 11 is 0. The van der Waals surface area contributed by atoms with Gasteiger partial charge in [0.1, 0.15) is 19.8 Å². The normalized spacial score (nSPS) is 14.8. The number of aliphatic hydroxyl groups is 1. The average molecular weight is 797 g/mol. The highest BCUT2D eigenvalue weighted by Crippen LogP contribution is 2.43. The second kappa shape index (κ2) is 36.0. The molecule has 0 aliphatic rings. The first-order chi connectivity index (χ1) is 26.4. The summed E-state index contributed by atoms with van der Waals surface area (Å²) < 4.78 is 34.1. The fraction of sp³-hybridized carbons (Fsp3) is 0.727. The summed E-state index contributed by atoms with van der Waals surface area (Å²) in [6.45, 7) is 4.02. The van der Waals surface area contributed by atoms with Gasteiger partial charge in [0.05, 0.1) is 33.9 Å². The van der Waals surface area contributed by atoms with E-state index in [9.17, 15) is 24.2 Å². The zero-order chi connectivity index (χ0) is 40.9. The van der Waals surface area contributed by atoms with Crippen LogP contribution in [0.1, 0.15) is 149 Å². The highest BCUT2D eigenvalue weighted by atomic mass is 31.2. The second-order valence-corrected chi connectivity index (χ2v) is 16.6. The number of esters is 2. The van der Waals surface area contributed by atoms with E-state index in [4.69, 9.17) is 18.5 Å². The van der Waals surface area contributed by atoms with Crippen molar-refractivity contribution in [3.63, 3.8) is 0 Å². The number of nitrogens with zero attached hydrogens (tertiary/aromatic N) is 1. The average Bonchev–Trinajstić information content (AvgIpc) is 3.13. The van der Waals surface area contributed by atoms with Gasteiger partial charge in [0, 0.05) is 12.8 Å². The van der Waals surface area contributed by atoms with Crippen molar-refractivity contribution in [1.29, 1.82) is 0 Å². The van der Waals surface area contributed by atoms with Gasteiger partial charge in [0.25, 0.3) is 0 Å². The first kappa shape index (κ1) is 52.7. The van der Waals surface area contributed by atoms with E-state index in [0.717, 1.165) is 70.6 Å². The van der Waals surface area contributed by atoms with Crippen LogP contribution in [-0.2, 0) is 32.7 Å². The molecule has 0 aliphatic heterocycles. The highest BCUT2D eigenvalue weighted by Gasteiger charge is 2.27. The summed E-state index contributed by atoms with van der Waals surface area (Å²) in [4.78, 5) is 35.3. The predicted molar refractivity (Wildman–Crippen MR) is 225 cm³/mol. The monoisotopic (exact) mass is 797 g/mol. The Hall–Kier alpha value is -2.33. The van der Waals surface area contributed by atoms with E-state index >= 15 is 0 Å². The van der Waals surface area contributed by atoms with Crippen molar-refractivity contribution in [3.05, 3.63) is 60.8 Å². The smallest absolute Gasteiger partial charge is 0.462 e. The molecule has 0 aromatic rings. The van der Waals surface area contributed by atoms with Crippen LogP contribution in [0, 0.1) is 0 Å². The number of rotatable bonds is 37. The Morgan fingerprint density at radius 1 is 0.636 bits per heavy atom. The molecule has 10 nitrogen and oxygen atoms in total. The second-order valence-electron chi connectivity index (χ2n) is 15.2. The molecule has 11 heteroatoms. The van der Waals surface area contributed by atoms with Gasteiger partial charge in [-0.1, -0.05) is 113 Å². The maximum Gasteiger partial charge on any atom is 0.472 e. The van der Waals surface area contributed by atoms with Crippen molar-refractivity contribution in [1.82, 2.24) is 0 Å². The SMILES string of the molecule is CCCCCC/C=C\CCCCCCCC(=O)OC[C@H](COP(=O)(O)OCC[N+](C)(C)C)OC(=O)CCC/C=C\C/C=C\C/C=C\C/C=C\CC[C@H](O)CC. The van der Waals surface area contributed by atoms with E-state index in [1.807, 2.05) is 34.1 Å². The van der Waals surface area contributed by atoms with E-state index < -0.39 is 32.5 Å². The maximum absolute atomic E-state index is 12.6. The van der Waals surface area contributed by atoms with Crippen LogP contribution in [0.15, 0.2) is 60.8 Å². The molecule has 55 heavy (non-hydrogen) atoms. The summed E-state index contributed by atoms with van der Waals surface area (Å²) in [5, 5.41) is 9.56. The lowest BCUT2D eigenvalue weighted by atomic mass is 10.1. The van der Waals surface area contributed by atoms with Gasteiger partial charge in [-0.3, -0.25) is 18.6 Å². The molecule has 0 aliphatic carbocycles. The summed E-state index contributed by atoms with van der Waals surface area (Å²) in [5.41, 5.74) is 0. The minimum atomic E-state index is -4.40. The molecule has 0 saturated heterocycles. The molecule has 0 amide bonds. The lowest BCUT2D eigenvalue weighted by molar-refractivity contribution is -0.870. The molecule has 0 fully saturated rings. The van der Waals surface area contributed by atoms with Crippen LogP contribution >= 0.6 is 7.82 Å². The fourth-order valence-electron chi connectivity index (χ4n) is 5.16.